The van der Waals surface area contributed by atoms with Crippen LogP contribution in [0.5, 0.6) is 5.75 Å². The fraction of sp³-hybridized carbons (Fsp3) is 0.250. The van der Waals surface area contributed by atoms with E-state index in [-0.39, 0.29) is 18.0 Å². The van der Waals surface area contributed by atoms with Gasteiger partial charge in [-0.05, 0) is 40.8 Å². The molecule has 1 aliphatic carbocycles. The predicted molar refractivity (Wildman–Crippen MR) is 111 cm³/mol. The molecule has 0 aromatic heterocycles. The van der Waals surface area contributed by atoms with Crippen molar-refractivity contribution in [3.05, 3.63) is 76.9 Å². The van der Waals surface area contributed by atoms with Gasteiger partial charge in [-0.25, -0.2) is 0 Å². The van der Waals surface area contributed by atoms with Gasteiger partial charge in [0.25, 0.3) is 0 Å². The second kappa shape index (κ2) is 7.99. The van der Waals surface area contributed by atoms with E-state index in [4.69, 9.17) is 9.84 Å². The first kappa shape index (κ1) is 20.2. The highest BCUT2D eigenvalue weighted by molar-refractivity contribution is 6.02. The summed E-state index contributed by atoms with van der Waals surface area (Å²) in [6.45, 7) is -1.38. The van der Waals surface area contributed by atoms with E-state index in [1.807, 2.05) is 24.3 Å². The number of fused-ring (bicyclic) bond motifs is 1. The maximum absolute atomic E-state index is 12.6. The molecule has 30 heavy (non-hydrogen) atoms. The Kier molecular flexibility index (Phi) is 5.39. The Hall–Kier alpha value is -3.06. The number of carbonyl (C=O) groups is 2. The summed E-state index contributed by atoms with van der Waals surface area (Å²) in [7, 11) is 0. The maximum Gasteiger partial charge on any atom is 0.188 e. The van der Waals surface area contributed by atoms with Crippen LogP contribution in [-0.4, -0.2) is 52.3 Å². The summed E-state index contributed by atoms with van der Waals surface area (Å²) in [4.78, 5) is 24.2. The van der Waals surface area contributed by atoms with Crippen molar-refractivity contribution < 1.29 is 29.6 Å². The van der Waals surface area contributed by atoms with Crippen LogP contribution in [0.25, 0.3) is 11.1 Å². The highest BCUT2D eigenvalue weighted by Crippen LogP contribution is 2.38. The summed E-state index contributed by atoms with van der Waals surface area (Å²) in [5, 5.41) is 28.0. The second-order valence-corrected chi connectivity index (χ2v) is 7.60. The van der Waals surface area contributed by atoms with Crippen molar-refractivity contribution in [3.8, 4) is 5.75 Å². The van der Waals surface area contributed by atoms with E-state index in [9.17, 15) is 19.8 Å². The Morgan fingerprint density at radius 1 is 1.00 bits per heavy atom. The van der Waals surface area contributed by atoms with Gasteiger partial charge in [0.15, 0.2) is 17.2 Å². The smallest absolute Gasteiger partial charge is 0.188 e. The van der Waals surface area contributed by atoms with Crippen LogP contribution in [0.2, 0.25) is 0 Å². The molecule has 1 aliphatic heterocycles. The van der Waals surface area contributed by atoms with E-state index in [0.717, 1.165) is 22.3 Å². The van der Waals surface area contributed by atoms with Crippen molar-refractivity contribution in [2.24, 2.45) is 0 Å². The highest BCUT2D eigenvalue weighted by atomic mass is 16.5. The Bertz CT molecular complexity index is 1060. The fourth-order valence-corrected chi connectivity index (χ4v) is 3.79. The number of hydrogen-bond donors (Lipinski definition) is 3. The lowest BCUT2D eigenvalue weighted by Crippen LogP contribution is -2.48. The largest absolute Gasteiger partial charge is 0.481 e. The van der Waals surface area contributed by atoms with Crippen LogP contribution in [0.15, 0.2) is 54.6 Å². The van der Waals surface area contributed by atoms with Crippen LogP contribution in [0, 0.1) is 0 Å². The zero-order chi connectivity index (χ0) is 21.3. The van der Waals surface area contributed by atoms with Gasteiger partial charge in [0.1, 0.15) is 12.4 Å². The van der Waals surface area contributed by atoms with E-state index in [2.05, 4.69) is 6.08 Å². The van der Waals surface area contributed by atoms with E-state index >= 15 is 0 Å². The number of benzene rings is 2. The third-order valence-corrected chi connectivity index (χ3v) is 5.59. The average molecular weight is 406 g/mol. The summed E-state index contributed by atoms with van der Waals surface area (Å²) in [6, 6.07) is 12.5. The number of allylic oxidation sites excluding steroid dienone is 4. The van der Waals surface area contributed by atoms with E-state index < -0.39 is 25.4 Å². The van der Waals surface area contributed by atoms with Crippen molar-refractivity contribution in [2.75, 3.05) is 19.8 Å². The summed E-state index contributed by atoms with van der Waals surface area (Å²) in [6.07, 6.45) is 4.76. The van der Waals surface area contributed by atoms with Gasteiger partial charge in [-0.3, -0.25) is 9.59 Å². The molecule has 154 valence electrons. The Morgan fingerprint density at radius 2 is 1.70 bits per heavy atom. The molecule has 2 aliphatic rings. The minimum Gasteiger partial charge on any atom is -0.481 e. The quantitative estimate of drug-likeness (QED) is 0.637. The summed E-state index contributed by atoms with van der Waals surface area (Å²) in [5.41, 5.74) is 3.60. The molecular formula is C24H22O6. The van der Waals surface area contributed by atoms with Crippen molar-refractivity contribution >= 4 is 22.7 Å². The third-order valence-electron chi connectivity index (χ3n) is 5.59. The molecule has 3 N–H and O–H groups in total. The Morgan fingerprint density at radius 3 is 2.37 bits per heavy atom. The molecule has 0 atom stereocenters. The lowest BCUT2D eigenvalue weighted by molar-refractivity contribution is -0.0403. The van der Waals surface area contributed by atoms with Gasteiger partial charge in [0.05, 0.1) is 25.2 Å². The summed E-state index contributed by atoms with van der Waals surface area (Å²) in [5.74, 6) is -0.114. The van der Waals surface area contributed by atoms with Crippen molar-refractivity contribution in [2.45, 2.75) is 18.4 Å². The molecule has 6 heteroatoms. The van der Waals surface area contributed by atoms with Gasteiger partial charge in [-0.2, -0.15) is 0 Å². The fourth-order valence-electron chi connectivity index (χ4n) is 3.79. The van der Waals surface area contributed by atoms with Crippen LogP contribution in [0.4, 0.5) is 0 Å². The first-order chi connectivity index (χ1) is 14.5. The van der Waals surface area contributed by atoms with Gasteiger partial charge in [-0.1, -0.05) is 42.5 Å². The topological polar surface area (TPSA) is 104 Å². The Labute approximate surface area is 173 Å². The van der Waals surface area contributed by atoms with Gasteiger partial charge in [-0.15, -0.1) is 0 Å². The minimum atomic E-state index is -1.27. The number of aliphatic hydroxyl groups excluding tert-OH is 3. The summed E-state index contributed by atoms with van der Waals surface area (Å²) >= 11 is 0. The molecule has 2 aromatic carbocycles. The first-order valence-corrected chi connectivity index (χ1v) is 9.72. The zero-order valence-corrected chi connectivity index (χ0v) is 16.3. The highest BCUT2D eigenvalue weighted by Gasteiger charge is 2.40. The van der Waals surface area contributed by atoms with Gasteiger partial charge < -0.3 is 20.1 Å². The van der Waals surface area contributed by atoms with Crippen LogP contribution < -0.4 is 4.74 Å². The molecule has 4 rings (SSSR count). The van der Waals surface area contributed by atoms with E-state index in [1.54, 1.807) is 24.3 Å². The number of Topliss-reactive ketones (excluding diaryl/α,β-unsaturated/α-hetero) is 2. The van der Waals surface area contributed by atoms with Crippen molar-refractivity contribution in [3.63, 3.8) is 0 Å². The Balaban J connectivity index is 1.57. The molecule has 0 amide bonds. The molecule has 2 aromatic rings. The number of ether oxygens (including phenoxy) is 1. The number of aliphatic hydroxyl groups is 3. The lowest BCUT2D eigenvalue weighted by Gasteiger charge is -2.35. The molecular weight excluding hydrogens is 384 g/mol. The molecule has 1 heterocycles. The number of rotatable bonds is 6. The summed E-state index contributed by atoms with van der Waals surface area (Å²) < 4.78 is 5.74. The minimum absolute atomic E-state index is 0.0715. The van der Waals surface area contributed by atoms with Gasteiger partial charge in [0.2, 0.25) is 0 Å². The normalized spacial score (nSPS) is 17.1. The molecule has 0 unspecified atom stereocenters. The second-order valence-electron chi connectivity index (χ2n) is 7.60. The molecule has 0 radical (unpaired) electrons. The average Bonchev–Trinajstić information content (AvgIpc) is 3.28. The van der Waals surface area contributed by atoms with Crippen LogP contribution >= 0.6 is 0 Å². The molecule has 0 fully saturated rings. The monoisotopic (exact) mass is 406 g/mol. The van der Waals surface area contributed by atoms with Crippen LogP contribution in [0.1, 0.15) is 44.7 Å². The van der Waals surface area contributed by atoms with Crippen LogP contribution in [-0.2, 0) is 0 Å². The van der Waals surface area contributed by atoms with Crippen molar-refractivity contribution in [1.82, 2.24) is 0 Å². The first-order valence-electron chi connectivity index (χ1n) is 9.72. The zero-order valence-electron chi connectivity index (χ0n) is 16.3. The van der Waals surface area contributed by atoms with Crippen LogP contribution in [0.3, 0.4) is 0 Å². The molecule has 0 saturated carbocycles. The molecule has 0 spiro atoms. The number of hydrogen-bond acceptors (Lipinski definition) is 6. The van der Waals surface area contributed by atoms with E-state index in [0.29, 0.717) is 23.3 Å². The standard InChI is InChI=1S/C24H22O6/c25-12-22(29)16-3-1-15(2-4-16)17-5-6-18(9-17)19-7-8-23-20(10-19)21(28)11-24(13-26,14-27)30-23/h1-5,7-10,25-27H,6,11-14H2. The van der Waals surface area contributed by atoms with E-state index in [1.165, 1.54) is 0 Å². The SMILES string of the molecule is O=C(CO)c1ccc(C2=CCC(c3ccc4c(c3)C(=O)CC(CO)(CO)O4)=C2)cc1. The number of carbonyl (C=O) groups excluding carboxylic acids is 2. The maximum atomic E-state index is 12.6. The number of ketones is 2. The molecule has 0 bridgehead atoms. The third kappa shape index (κ3) is 3.61. The lowest BCUT2D eigenvalue weighted by atomic mass is 9.89. The van der Waals surface area contributed by atoms with Gasteiger partial charge in [0, 0.05) is 5.56 Å². The molecule has 0 saturated heterocycles. The van der Waals surface area contributed by atoms with Gasteiger partial charge >= 0.3 is 0 Å². The van der Waals surface area contributed by atoms with Crippen molar-refractivity contribution in [1.29, 1.82) is 0 Å². The predicted octanol–water partition coefficient (Wildman–Crippen LogP) is 2.42. The molecule has 6 nitrogen and oxygen atoms in total.